The van der Waals surface area contributed by atoms with Crippen LogP contribution >= 0.6 is 0 Å². The Morgan fingerprint density at radius 2 is 2.38 bits per heavy atom. The molecule has 13 heavy (non-hydrogen) atoms. The number of nitrogens with zero attached hydrogens (tertiary/aromatic N) is 3. The van der Waals surface area contributed by atoms with Crippen molar-refractivity contribution in [3.63, 3.8) is 0 Å². The summed E-state index contributed by atoms with van der Waals surface area (Å²) in [6, 6.07) is -0.117. The Hall–Kier alpha value is -1.10. The maximum Gasteiger partial charge on any atom is 0.345 e. The molecule has 0 saturated heterocycles. The van der Waals surface area contributed by atoms with Gasteiger partial charge in [0.25, 0.3) is 0 Å². The second kappa shape index (κ2) is 2.99. The summed E-state index contributed by atoms with van der Waals surface area (Å²) in [5.41, 5.74) is -0.147. The molecule has 72 valence electrons. The first-order valence-electron chi connectivity index (χ1n) is 4.48. The van der Waals surface area contributed by atoms with E-state index in [2.05, 4.69) is 5.10 Å². The molecule has 0 amide bonds. The predicted octanol–water partition coefficient (Wildman–Crippen LogP) is -0.332. The number of hydrogen-bond acceptors (Lipinski definition) is 3. The maximum atomic E-state index is 11.5. The number of aromatic nitrogens is 3. The monoisotopic (exact) mass is 183 g/mol. The molecule has 0 radical (unpaired) electrons. The van der Waals surface area contributed by atoms with Crippen molar-refractivity contribution in [3.8, 4) is 0 Å². The average Bonchev–Trinajstić information content (AvgIpc) is 2.62. The fourth-order valence-electron chi connectivity index (χ4n) is 1.83. The van der Waals surface area contributed by atoms with Gasteiger partial charge in [-0.1, -0.05) is 0 Å². The minimum Gasteiger partial charge on any atom is -0.391 e. The van der Waals surface area contributed by atoms with Crippen molar-refractivity contribution in [2.45, 2.75) is 31.4 Å². The van der Waals surface area contributed by atoms with Crippen molar-refractivity contribution in [2.24, 2.45) is 7.05 Å². The van der Waals surface area contributed by atoms with Crippen LogP contribution in [-0.2, 0) is 7.05 Å². The summed E-state index contributed by atoms with van der Waals surface area (Å²) in [5.74, 6) is 0. The molecule has 0 aliphatic heterocycles. The third-order valence-corrected chi connectivity index (χ3v) is 2.61. The van der Waals surface area contributed by atoms with Crippen molar-refractivity contribution in [1.29, 1.82) is 0 Å². The summed E-state index contributed by atoms with van der Waals surface area (Å²) in [4.78, 5) is 11.5. The van der Waals surface area contributed by atoms with Crippen LogP contribution in [0.15, 0.2) is 11.1 Å². The standard InChI is InChI=1S/C8H13N3O2/c1-10-5-9-11(8(10)13)6-3-2-4-7(6)12/h5-7,12H,2-4H2,1H3/t6-,7-/m0/s1. The van der Waals surface area contributed by atoms with Crippen molar-refractivity contribution in [1.82, 2.24) is 14.3 Å². The molecule has 1 fully saturated rings. The molecule has 1 N–H and O–H groups in total. The normalized spacial score (nSPS) is 28.2. The van der Waals surface area contributed by atoms with Gasteiger partial charge < -0.3 is 5.11 Å². The van der Waals surface area contributed by atoms with Gasteiger partial charge in [-0.2, -0.15) is 5.10 Å². The highest BCUT2D eigenvalue weighted by Crippen LogP contribution is 2.27. The van der Waals surface area contributed by atoms with E-state index in [1.807, 2.05) is 0 Å². The van der Waals surface area contributed by atoms with Crippen LogP contribution in [0.3, 0.4) is 0 Å². The van der Waals surface area contributed by atoms with Crippen LogP contribution < -0.4 is 5.69 Å². The first kappa shape index (κ1) is 8.50. The van der Waals surface area contributed by atoms with Crippen LogP contribution in [-0.4, -0.2) is 25.6 Å². The van der Waals surface area contributed by atoms with Crippen molar-refractivity contribution >= 4 is 0 Å². The highest BCUT2D eigenvalue weighted by Gasteiger charge is 2.28. The lowest BCUT2D eigenvalue weighted by Crippen LogP contribution is -2.30. The van der Waals surface area contributed by atoms with Gasteiger partial charge in [0, 0.05) is 7.05 Å². The van der Waals surface area contributed by atoms with E-state index in [0.717, 1.165) is 19.3 Å². The summed E-state index contributed by atoms with van der Waals surface area (Å²) >= 11 is 0. The number of rotatable bonds is 1. The average molecular weight is 183 g/mol. The maximum absolute atomic E-state index is 11.5. The zero-order chi connectivity index (χ0) is 9.42. The van der Waals surface area contributed by atoms with Gasteiger partial charge >= 0.3 is 5.69 Å². The highest BCUT2D eigenvalue weighted by atomic mass is 16.3. The summed E-state index contributed by atoms with van der Waals surface area (Å²) in [7, 11) is 1.66. The molecule has 5 heteroatoms. The van der Waals surface area contributed by atoms with Gasteiger partial charge in [0.2, 0.25) is 0 Å². The zero-order valence-corrected chi connectivity index (χ0v) is 7.55. The van der Waals surface area contributed by atoms with Crippen LogP contribution in [0, 0.1) is 0 Å². The molecule has 2 atom stereocenters. The minimum absolute atomic E-state index is 0.117. The van der Waals surface area contributed by atoms with Gasteiger partial charge in [0.1, 0.15) is 6.33 Å². The molecule has 1 aliphatic rings. The lowest BCUT2D eigenvalue weighted by molar-refractivity contribution is 0.128. The largest absolute Gasteiger partial charge is 0.391 e. The number of aliphatic hydroxyl groups excluding tert-OH is 1. The SMILES string of the molecule is Cn1cnn([C@H]2CCC[C@@H]2O)c1=O. The van der Waals surface area contributed by atoms with E-state index in [1.165, 1.54) is 15.6 Å². The molecule has 2 rings (SSSR count). The minimum atomic E-state index is -0.410. The lowest BCUT2D eigenvalue weighted by Gasteiger charge is -2.12. The van der Waals surface area contributed by atoms with Crippen molar-refractivity contribution < 1.29 is 5.11 Å². The molecule has 1 saturated carbocycles. The molecule has 1 heterocycles. The number of hydrogen-bond donors (Lipinski definition) is 1. The van der Waals surface area contributed by atoms with Gasteiger partial charge in [-0.25, -0.2) is 9.48 Å². The van der Waals surface area contributed by atoms with Crippen LogP contribution in [0.25, 0.3) is 0 Å². The van der Waals surface area contributed by atoms with E-state index in [-0.39, 0.29) is 11.7 Å². The molecular weight excluding hydrogens is 170 g/mol. The Morgan fingerprint density at radius 1 is 1.62 bits per heavy atom. The van der Waals surface area contributed by atoms with Crippen LogP contribution in [0.2, 0.25) is 0 Å². The van der Waals surface area contributed by atoms with E-state index in [9.17, 15) is 9.90 Å². The molecule has 0 spiro atoms. The lowest BCUT2D eigenvalue weighted by atomic mass is 10.2. The molecular formula is C8H13N3O2. The number of aliphatic hydroxyl groups is 1. The van der Waals surface area contributed by atoms with Crippen molar-refractivity contribution in [2.75, 3.05) is 0 Å². The second-order valence-electron chi connectivity index (χ2n) is 3.53. The van der Waals surface area contributed by atoms with Crippen molar-refractivity contribution in [3.05, 3.63) is 16.8 Å². The molecule has 1 aromatic rings. The topological polar surface area (TPSA) is 60.1 Å². The Balaban J connectivity index is 2.35. The third-order valence-electron chi connectivity index (χ3n) is 2.61. The molecule has 1 aliphatic carbocycles. The molecule has 5 nitrogen and oxygen atoms in total. The summed E-state index contributed by atoms with van der Waals surface area (Å²) in [6.07, 6.45) is 3.65. The van der Waals surface area contributed by atoms with Crippen LogP contribution in [0.1, 0.15) is 25.3 Å². The Morgan fingerprint density at radius 3 is 2.85 bits per heavy atom. The zero-order valence-electron chi connectivity index (χ0n) is 7.55. The van der Waals surface area contributed by atoms with Crippen LogP contribution in [0.5, 0.6) is 0 Å². The Labute approximate surface area is 75.6 Å². The van der Waals surface area contributed by atoms with Gasteiger partial charge in [-0.15, -0.1) is 0 Å². The van der Waals surface area contributed by atoms with Gasteiger partial charge in [-0.3, -0.25) is 4.57 Å². The summed E-state index contributed by atoms with van der Waals surface area (Å²) in [5, 5.41) is 13.5. The predicted molar refractivity (Wildman–Crippen MR) is 46.4 cm³/mol. The van der Waals surface area contributed by atoms with Gasteiger partial charge in [0.05, 0.1) is 12.1 Å². The van der Waals surface area contributed by atoms with Crippen LogP contribution in [0.4, 0.5) is 0 Å². The van der Waals surface area contributed by atoms with E-state index < -0.39 is 6.10 Å². The van der Waals surface area contributed by atoms with E-state index in [4.69, 9.17) is 0 Å². The molecule has 0 unspecified atom stereocenters. The first-order chi connectivity index (χ1) is 6.20. The number of aryl methyl sites for hydroxylation is 1. The second-order valence-corrected chi connectivity index (χ2v) is 3.53. The quantitative estimate of drug-likeness (QED) is 0.648. The van der Waals surface area contributed by atoms with Gasteiger partial charge in [0.15, 0.2) is 0 Å². The smallest absolute Gasteiger partial charge is 0.345 e. The molecule has 0 bridgehead atoms. The summed E-state index contributed by atoms with van der Waals surface area (Å²) < 4.78 is 2.81. The molecule has 0 aromatic carbocycles. The fourth-order valence-corrected chi connectivity index (χ4v) is 1.83. The Bertz CT molecular complexity index is 355. The highest BCUT2D eigenvalue weighted by molar-refractivity contribution is 4.83. The third kappa shape index (κ3) is 1.29. The Kier molecular flexibility index (Phi) is 1.95. The fraction of sp³-hybridized carbons (Fsp3) is 0.750. The van der Waals surface area contributed by atoms with Gasteiger partial charge in [-0.05, 0) is 19.3 Å². The van der Waals surface area contributed by atoms with E-state index in [1.54, 1.807) is 7.05 Å². The first-order valence-corrected chi connectivity index (χ1v) is 4.48. The van der Waals surface area contributed by atoms with E-state index in [0.29, 0.717) is 0 Å². The van der Waals surface area contributed by atoms with E-state index >= 15 is 0 Å². The molecule has 1 aromatic heterocycles. The summed E-state index contributed by atoms with van der Waals surface area (Å²) in [6.45, 7) is 0.